The fourth-order valence-corrected chi connectivity index (χ4v) is 0.256. The van der Waals surface area contributed by atoms with E-state index in [0.29, 0.717) is 0 Å². The number of hydrogen-bond acceptors (Lipinski definition) is 3. The van der Waals surface area contributed by atoms with Crippen LogP contribution in [0.3, 0.4) is 0 Å². The zero-order chi connectivity index (χ0) is 7.28. The maximum absolute atomic E-state index is 10.2. The number of rotatable bonds is 1. The second kappa shape index (κ2) is 3.65. The second-order valence-corrected chi connectivity index (χ2v) is 1.19. The largest absolute Gasteiger partial charge is 0.513 e. The molecule has 0 fully saturated rings. The summed E-state index contributed by atoms with van der Waals surface area (Å²) in [6, 6.07) is 0. The summed E-state index contributed by atoms with van der Waals surface area (Å²) >= 11 is 0. The topological polar surface area (TPSA) is 63.6 Å². The van der Waals surface area contributed by atoms with Crippen LogP contribution in [0.5, 0.6) is 0 Å². The van der Waals surface area contributed by atoms with E-state index in [1.165, 1.54) is 6.08 Å². The maximum Gasteiger partial charge on any atom is 0.513 e. The summed E-state index contributed by atoms with van der Waals surface area (Å²) in [4.78, 5) is 19.8. The van der Waals surface area contributed by atoms with E-state index in [9.17, 15) is 9.59 Å². The average molecular weight is 130 g/mol. The molecule has 4 nitrogen and oxygen atoms in total. The number of esters is 1. The summed E-state index contributed by atoms with van der Waals surface area (Å²) in [7, 11) is 0. The van der Waals surface area contributed by atoms with Crippen molar-refractivity contribution < 1.29 is 19.4 Å². The van der Waals surface area contributed by atoms with Crippen molar-refractivity contribution in [3.8, 4) is 0 Å². The van der Waals surface area contributed by atoms with Crippen molar-refractivity contribution in [2.45, 2.75) is 6.92 Å². The Hall–Kier alpha value is -1.32. The molecule has 0 aromatic heterocycles. The van der Waals surface area contributed by atoms with E-state index >= 15 is 0 Å². The van der Waals surface area contributed by atoms with E-state index < -0.39 is 12.1 Å². The first kappa shape index (κ1) is 7.68. The van der Waals surface area contributed by atoms with Crippen LogP contribution >= 0.6 is 0 Å². The smallest absolute Gasteiger partial charge is 0.449 e. The molecule has 0 saturated heterocycles. The highest BCUT2D eigenvalue weighted by Crippen LogP contribution is 1.80. The van der Waals surface area contributed by atoms with Gasteiger partial charge >= 0.3 is 12.1 Å². The lowest BCUT2D eigenvalue weighted by molar-refractivity contribution is -0.133. The standard InChI is InChI=1S/C5H6O4/c1-2-3-4(6)9-5(7)8/h2-3H,1H3,(H,7,8). The highest BCUT2D eigenvalue weighted by Gasteiger charge is 2.01. The predicted molar refractivity (Wildman–Crippen MR) is 28.9 cm³/mol. The summed E-state index contributed by atoms with van der Waals surface area (Å²) in [5, 5.41) is 7.83. The third-order valence-electron chi connectivity index (χ3n) is 0.491. The van der Waals surface area contributed by atoms with Gasteiger partial charge in [0.1, 0.15) is 0 Å². The van der Waals surface area contributed by atoms with E-state index in [2.05, 4.69) is 4.74 Å². The first-order valence-electron chi connectivity index (χ1n) is 2.24. The van der Waals surface area contributed by atoms with Crippen LogP contribution in [0.2, 0.25) is 0 Å². The molecule has 0 heterocycles. The maximum atomic E-state index is 10.2. The average Bonchev–Trinajstić information content (AvgIpc) is 1.63. The summed E-state index contributed by atoms with van der Waals surface area (Å²) in [5.41, 5.74) is 0. The molecule has 0 radical (unpaired) electrons. The number of carboxylic acid groups (broad SMARTS) is 1. The quantitative estimate of drug-likeness (QED) is 0.323. The molecule has 0 saturated carbocycles. The van der Waals surface area contributed by atoms with Crippen molar-refractivity contribution in [2.75, 3.05) is 0 Å². The highest BCUT2D eigenvalue weighted by atomic mass is 16.7. The van der Waals surface area contributed by atoms with Gasteiger partial charge in [0.2, 0.25) is 0 Å². The molecule has 0 unspecified atom stereocenters. The first-order chi connectivity index (χ1) is 4.16. The lowest BCUT2D eigenvalue weighted by Crippen LogP contribution is -2.06. The second-order valence-electron chi connectivity index (χ2n) is 1.19. The van der Waals surface area contributed by atoms with Gasteiger partial charge in [0.15, 0.2) is 0 Å². The SMILES string of the molecule is CC=CC(=O)OC(=O)O. The molecule has 0 aromatic carbocycles. The molecule has 0 aliphatic carbocycles. The van der Waals surface area contributed by atoms with Gasteiger partial charge in [-0.2, -0.15) is 0 Å². The third-order valence-corrected chi connectivity index (χ3v) is 0.491. The molecule has 4 heteroatoms. The van der Waals surface area contributed by atoms with Crippen molar-refractivity contribution in [3.05, 3.63) is 12.2 Å². The van der Waals surface area contributed by atoms with Crippen molar-refractivity contribution >= 4 is 12.1 Å². The normalized spacial score (nSPS) is 9.44. The van der Waals surface area contributed by atoms with Gasteiger partial charge in [0.05, 0.1) is 0 Å². The minimum absolute atomic E-state index is 0.870. The molecule has 9 heavy (non-hydrogen) atoms. The van der Waals surface area contributed by atoms with Crippen LogP contribution in [0.25, 0.3) is 0 Å². The van der Waals surface area contributed by atoms with E-state index in [0.717, 1.165) is 6.08 Å². The van der Waals surface area contributed by atoms with Crippen LogP contribution in [0.15, 0.2) is 12.2 Å². The Morgan fingerprint density at radius 3 is 2.44 bits per heavy atom. The van der Waals surface area contributed by atoms with Crippen molar-refractivity contribution in [1.82, 2.24) is 0 Å². The third kappa shape index (κ3) is 4.53. The molecule has 0 aliphatic heterocycles. The summed E-state index contributed by atoms with van der Waals surface area (Å²) < 4.78 is 3.68. The Morgan fingerprint density at radius 1 is 1.56 bits per heavy atom. The number of carbonyl (C=O) groups is 2. The first-order valence-corrected chi connectivity index (χ1v) is 2.24. The summed E-state index contributed by atoms with van der Waals surface area (Å²) in [6.07, 6.45) is 0.831. The lowest BCUT2D eigenvalue weighted by Gasteiger charge is -1.88. The minimum Gasteiger partial charge on any atom is -0.449 e. The van der Waals surface area contributed by atoms with Gasteiger partial charge in [-0.1, -0.05) is 6.08 Å². The number of allylic oxidation sites excluding steroid dienone is 1. The molecule has 0 atom stereocenters. The monoisotopic (exact) mass is 130 g/mol. The molecule has 0 bridgehead atoms. The molecule has 1 N–H and O–H groups in total. The minimum atomic E-state index is -1.59. The Morgan fingerprint density at radius 2 is 2.11 bits per heavy atom. The van der Waals surface area contributed by atoms with E-state index in [4.69, 9.17) is 5.11 Å². The van der Waals surface area contributed by atoms with Crippen molar-refractivity contribution in [3.63, 3.8) is 0 Å². The molecule has 0 rings (SSSR count). The Labute approximate surface area is 51.7 Å². The van der Waals surface area contributed by atoms with Gasteiger partial charge < -0.3 is 9.84 Å². The Bertz CT molecular complexity index is 147. The van der Waals surface area contributed by atoms with Gasteiger partial charge in [-0.15, -0.1) is 0 Å². The van der Waals surface area contributed by atoms with Crippen molar-refractivity contribution in [1.29, 1.82) is 0 Å². The molecule has 0 aromatic rings. The number of ether oxygens (including phenoxy) is 1. The molecule has 0 spiro atoms. The molecule has 0 amide bonds. The van der Waals surface area contributed by atoms with Gasteiger partial charge in [-0.25, -0.2) is 9.59 Å². The van der Waals surface area contributed by atoms with Crippen LogP contribution in [0.4, 0.5) is 4.79 Å². The molecular weight excluding hydrogens is 124 g/mol. The number of carbonyl (C=O) groups excluding carboxylic acids is 1. The molecular formula is C5H6O4. The van der Waals surface area contributed by atoms with Crippen LogP contribution in [-0.4, -0.2) is 17.2 Å². The van der Waals surface area contributed by atoms with E-state index in [1.54, 1.807) is 6.92 Å². The van der Waals surface area contributed by atoms with Gasteiger partial charge in [-0.05, 0) is 6.92 Å². The zero-order valence-electron chi connectivity index (χ0n) is 4.83. The Balaban J connectivity index is 3.64. The zero-order valence-corrected chi connectivity index (χ0v) is 4.83. The van der Waals surface area contributed by atoms with E-state index in [-0.39, 0.29) is 0 Å². The van der Waals surface area contributed by atoms with Crippen LogP contribution < -0.4 is 0 Å². The van der Waals surface area contributed by atoms with Crippen LogP contribution in [-0.2, 0) is 9.53 Å². The van der Waals surface area contributed by atoms with Gasteiger partial charge in [0, 0.05) is 6.08 Å². The summed E-state index contributed by atoms with van der Waals surface area (Å²) in [5.74, 6) is -0.870. The fourth-order valence-electron chi connectivity index (χ4n) is 0.256. The van der Waals surface area contributed by atoms with Gasteiger partial charge in [-0.3, -0.25) is 0 Å². The molecule has 0 aliphatic rings. The van der Waals surface area contributed by atoms with Gasteiger partial charge in [0.25, 0.3) is 0 Å². The number of hydrogen-bond donors (Lipinski definition) is 1. The molecule has 50 valence electrons. The van der Waals surface area contributed by atoms with Crippen LogP contribution in [0, 0.1) is 0 Å². The van der Waals surface area contributed by atoms with E-state index in [1.807, 2.05) is 0 Å². The van der Waals surface area contributed by atoms with Crippen molar-refractivity contribution in [2.24, 2.45) is 0 Å². The van der Waals surface area contributed by atoms with Crippen LogP contribution in [0.1, 0.15) is 6.92 Å². The lowest BCUT2D eigenvalue weighted by atomic mass is 10.5. The summed E-state index contributed by atoms with van der Waals surface area (Å²) in [6.45, 7) is 1.59. The predicted octanol–water partition coefficient (Wildman–Crippen LogP) is 0.784. The highest BCUT2D eigenvalue weighted by molar-refractivity contribution is 5.89. The fraction of sp³-hybridized carbons (Fsp3) is 0.200. The Kier molecular flexibility index (Phi) is 3.12.